The third-order valence-electron chi connectivity index (χ3n) is 5.44. The van der Waals surface area contributed by atoms with E-state index in [1.807, 2.05) is 12.4 Å². The quantitative estimate of drug-likeness (QED) is 0.326. The lowest BCUT2D eigenvalue weighted by Gasteiger charge is -2.12. The van der Waals surface area contributed by atoms with Gasteiger partial charge in [-0.25, -0.2) is 9.35 Å². The minimum absolute atomic E-state index is 0.433. The highest BCUT2D eigenvalue weighted by Gasteiger charge is 2.14. The summed E-state index contributed by atoms with van der Waals surface area (Å²) in [6.07, 6.45) is 3.93. The topological polar surface area (TPSA) is 34.6 Å². The van der Waals surface area contributed by atoms with Gasteiger partial charge in [-0.15, -0.1) is 11.3 Å². The summed E-state index contributed by atoms with van der Waals surface area (Å²) in [7, 11) is 0. The molecule has 4 nitrogen and oxygen atoms in total. The second-order valence-electron chi connectivity index (χ2n) is 9.34. The summed E-state index contributed by atoms with van der Waals surface area (Å²) in [6, 6.07) is 13.0. The second-order valence-corrected chi connectivity index (χ2v) is 10.5. The number of hydrogen-bond donors (Lipinski definition) is 0. The maximum absolute atomic E-state index is 4.83. The largest absolute Gasteiger partial charge is 0.241 e. The zero-order valence-electron chi connectivity index (χ0n) is 20.1. The Hall–Kier alpha value is -2.40. The molecule has 3 aromatic heterocycles. The lowest BCUT2D eigenvalue weighted by Crippen LogP contribution is -2.04. The van der Waals surface area contributed by atoms with Crippen LogP contribution in [0.3, 0.4) is 0 Å². The van der Waals surface area contributed by atoms with E-state index in [0.717, 1.165) is 9.75 Å². The maximum atomic E-state index is 4.83. The molecule has 0 aliphatic carbocycles. The van der Waals surface area contributed by atoms with E-state index in [4.69, 9.17) is 10.2 Å². The smallest absolute Gasteiger partial charge is 0.0651 e. The molecule has 0 atom stereocenters. The van der Waals surface area contributed by atoms with Crippen LogP contribution in [0, 0.1) is 0 Å². The molecule has 0 amide bonds. The van der Waals surface area contributed by atoms with Crippen LogP contribution in [0.4, 0.5) is 0 Å². The predicted molar refractivity (Wildman–Crippen MR) is 136 cm³/mol. The highest BCUT2D eigenvalue weighted by Crippen LogP contribution is 2.25. The van der Waals surface area contributed by atoms with Crippen molar-refractivity contribution in [1.82, 2.24) is 9.35 Å². The van der Waals surface area contributed by atoms with Gasteiger partial charge in [0.2, 0.25) is 0 Å². The van der Waals surface area contributed by atoms with E-state index < -0.39 is 0 Å². The fraction of sp³-hybridized carbons (Fsp3) is 0.462. The number of thiophene rings is 1. The van der Waals surface area contributed by atoms with Crippen molar-refractivity contribution in [3.63, 3.8) is 0 Å². The van der Waals surface area contributed by atoms with Gasteiger partial charge in [-0.3, -0.25) is 0 Å². The van der Waals surface area contributed by atoms with E-state index in [2.05, 4.69) is 101 Å². The first-order valence-electron chi connectivity index (χ1n) is 11.3. The molecule has 5 heteroatoms. The molecular weight excluding hydrogens is 400 g/mol. The molecule has 3 aromatic rings. The van der Waals surface area contributed by atoms with Crippen LogP contribution in [0.5, 0.6) is 0 Å². The van der Waals surface area contributed by atoms with E-state index in [9.17, 15) is 0 Å². The van der Waals surface area contributed by atoms with Crippen LogP contribution in [-0.2, 0) is 0 Å². The number of nitrogens with zero attached hydrogens (tertiary/aromatic N) is 4. The number of aromatic nitrogens is 2. The highest BCUT2D eigenvalue weighted by atomic mass is 32.1. The van der Waals surface area contributed by atoms with Gasteiger partial charge in [0.25, 0.3) is 0 Å². The Morgan fingerprint density at radius 1 is 0.548 bits per heavy atom. The molecule has 0 fully saturated rings. The van der Waals surface area contributed by atoms with Crippen LogP contribution in [0.15, 0.2) is 46.6 Å². The van der Waals surface area contributed by atoms with Crippen LogP contribution >= 0.6 is 11.3 Å². The highest BCUT2D eigenvalue weighted by molar-refractivity contribution is 7.15. The molecule has 0 aromatic carbocycles. The summed E-state index contributed by atoms with van der Waals surface area (Å²) in [5, 5.41) is 9.66. The first kappa shape index (κ1) is 23.3. The summed E-state index contributed by atoms with van der Waals surface area (Å²) in [5.74, 6) is 1.73. The van der Waals surface area contributed by atoms with Crippen molar-refractivity contribution in [3.8, 4) is 0 Å². The van der Waals surface area contributed by atoms with Crippen molar-refractivity contribution in [3.05, 3.63) is 68.9 Å². The number of rotatable bonds is 8. The molecule has 0 aliphatic rings. The van der Waals surface area contributed by atoms with Gasteiger partial charge in [-0.1, -0.05) is 55.4 Å². The van der Waals surface area contributed by atoms with Crippen molar-refractivity contribution in [2.45, 2.75) is 79.1 Å². The Morgan fingerprint density at radius 3 is 1.10 bits per heavy atom. The van der Waals surface area contributed by atoms with Crippen LogP contribution in [0.1, 0.15) is 112 Å². The van der Waals surface area contributed by atoms with Gasteiger partial charge >= 0.3 is 0 Å². The van der Waals surface area contributed by atoms with Gasteiger partial charge in [0.05, 0.1) is 12.4 Å². The first-order valence-corrected chi connectivity index (χ1v) is 12.1. The standard InChI is InChI=1S/C26H36N4S/c1-17(2)23-11-12-24(18(3)4)29(23)27-15-21-9-10-22(31-21)16-28-30-25(19(5)6)13-14-26(30)20(7)8/h9-20H,1-8H3. The Morgan fingerprint density at radius 2 is 0.839 bits per heavy atom. The van der Waals surface area contributed by atoms with Crippen molar-refractivity contribution < 1.29 is 0 Å². The van der Waals surface area contributed by atoms with E-state index in [0.29, 0.717) is 23.7 Å². The fourth-order valence-electron chi connectivity index (χ4n) is 3.67. The second kappa shape index (κ2) is 9.82. The third-order valence-corrected chi connectivity index (χ3v) is 6.40. The van der Waals surface area contributed by atoms with Gasteiger partial charge in [0.15, 0.2) is 0 Å². The van der Waals surface area contributed by atoms with E-state index >= 15 is 0 Å². The number of hydrogen-bond acceptors (Lipinski definition) is 3. The maximum Gasteiger partial charge on any atom is 0.0651 e. The molecule has 0 unspecified atom stereocenters. The summed E-state index contributed by atoms with van der Waals surface area (Å²) in [4.78, 5) is 2.25. The molecule has 0 N–H and O–H groups in total. The van der Waals surface area contributed by atoms with Gasteiger partial charge in [0.1, 0.15) is 0 Å². The van der Waals surface area contributed by atoms with Crippen LogP contribution in [-0.4, -0.2) is 21.8 Å². The minimum Gasteiger partial charge on any atom is -0.241 e. The molecule has 3 rings (SSSR count). The predicted octanol–water partition coefficient (Wildman–Crippen LogP) is 7.61. The van der Waals surface area contributed by atoms with Gasteiger partial charge in [-0.05, 0) is 60.1 Å². The summed E-state index contributed by atoms with van der Waals surface area (Å²) < 4.78 is 4.21. The molecule has 0 saturated carbocycles. The van der Waals surface area contributed by atoms with Gasteiger partial charge in [-0.2, -0.15) is 10.2 Å². The van der Waals surface area contributed by atoms with Crippen molar-refractivity contribution in [1.29, 1.82) is 0 Å². The van der Waals surface area contributed by atoms with Gasteiger partial charge < -0.3 is 0 Å². The molecule has 0 bridgehead atoms. The average Bonchev–Trinajstić information content (AvgIpc) is 3.41. The van der Waals surface area contributed by atoms with Crippen molar-refractivity contribution in [2.24, 2.45) is 10.2 Å². The fourth-order valence-corrected chi connectivity index (χ4v) is 4.42. The van der Waals surface area contributed by atoms with Crippen molar-refractivity contribution in [2.75, 3.05) is 0 Å². The normalized spacial score (nSPS) is 12.8. The monoisotopic (exact) mass is 436 g/mol. The molecule has 0 saturated heterocycles. The summed E-state index contributed by atoms with van der Waals surface area (Å²) in [5.41, 5.74) is 4.98. The zero-order valence-corrected chi connectivity index (χ0v) is 20.9. The van der Waals surface area contributed by atoms with Crippen LogP contribution < -0.4 is 0 Å². The molecule has 0 spiro atoms. The lowest BCUT2D eigenvalue weighted by atomic mass is 10.1. The van der Waals surface area contributed by atoms with Crippen molar-refractivity contribution >= 4 is 23.8 Å². The van der Waals surface area contributed by atoms with Crippen LogP contribution in [0.25, 0.3) is 0 Å². The average molecular weight is 437 g/mol. The summed E-state index contributed by atoms with van der Waals surface area (Å²) in [6.45, 7) is 17.7. The first-order chi connectivity index (χ1) is 14.7. The molecule has 0 aliphatic heterocycles. The van der Waals surface area contributed by atoms with E-state index in [1.54, 1.807) is 11.3 Å². The Labute approximate surface area is 191 Å². The minimum atomic E-state index is 0.433. The lowest BCUT2D eigenvalue weighted by molar-refractivity contribution is 0.667. The zero-order chi connectivity index (χ0) is 22.7. The van der Waals surface area contributed by atoms with Gasteiger partial charge in [0, 0.05) is 32.5 Å². The molecule has 166 valence electrons. The van der Waals surface area contributed by atoms with E-state index in [1.165, 1.54) is 22.8 Å². The SMILES string of the molecule is CC(C)c1ccc(C(C)C)n1N=Cc1ccc(C=Nn2c(C(C)C)ccc2C(C)C)s1. The Kier molecular flexibility index (Phi) is 7.37. The Bertz CT molecular complexity index is 924. The third kappa shape index (κ3) is 5.27. The molecular formula is C26H36N4S. The molecule has 31 heavy (non-hydrogen) atoms. The van der Waals surface area contributed by atoms with E-state index in [-0.39, 0.29) is 0 Å². The molecule has 3 heterocycles. The molecule has 0 radical (unpaired) electrons. The summed E-state index contributed by atoms with van der Waals surface area (Å²) >= 11 is 1.71. The Balaban J connectivity index is 1.84. The van der Waals surface area contributed by atoms with Crippen LogP contribution in [0.2, 0.25) is 0 Å².